The molecule has 0 radical (unpaired) electrons. The number of likely N-dealkylation sites (tertiary alicyclic amines) is 1. The van der Waals surface area contributed by atoms with Gasteiger partial charge in [-0.15, -0.1) is 0 Å². The van der Waals surface area contributed by atoms with Gasteiger partial charge in [-0.3, -0.25) is 4.90 Å². The average molecular weight is 241 g/mol. The third kappa shape index (κ3) is 3.92. The van der Waals surface area contributed by atoms with E-state index in [2.05, 4.69) is 0 Å². The molecule has 1 aliphatic rings. The smallest absolute Gasteiger partial charge is 0.393 e. The summed E-state index contributed by atoms with van der Waals surface area (Å²) in [5.74, 6) is 0. The number of hydrogen-bond donors (Lipinski definition) is 2. The van der Waals surface area contributed by atoms with Gasteiger partial charge in [0.25, 0.3) is 0 Å². The summed E-state index contributed by atoms with van der Waals surface area (Å²) >= 11 is 0. The van der Waals surface area contributed by atoms with Gasteiger partial charge in [-0.25, -0.2) is 0 Å². The SMILES string of the molecule is CC(O)CC1CCCN1CC(O)C(F)(F)F. The Bertz CT molecular complexity index is 221. The molecule has 1 saturated heterocycles. The van der Waals surface area contributed by atoms with Crippen LogP contribution in [-0.4, -0.2) is 52.6 Å². The second-order valence-electron chi connectivity index (χ2n) is 4.43. The van der Waals surface area contributed by atoms with E-state index in [1.807, 2.05) is 0 Å². The summed E-state index contributed by atoms with van der Waals surface area (Å²) in [6.07, 6.45) is -5.30. The monoisotopic (exact) mass is 241 g/mol. The molecule has 0 aromatic carbocycles. The Hall–Kier alpha value is -0.330. The van der Waals surface area contributed by atoms with Crippen LogP contribution >= 0.6 is 0 Å². The number of rotatable bonds is 4. The van der Waals surface area contributed by atoms with Crippen LogP contribution in [0, 0.1) is 0 Å². The maximum Gasteiger partial charge on any atom is 0.415 e. The first-order valence-electron chi connectivity index (χ1n) is 5.47. The summed E-state index contributed by atoms with van der Waals surface area (Å²) in [5, 5.41) is 18.2. The summed E-state index contributed by atoms with van der Waals surface area (Å²) < 4.78 is 36.5. The molecule has 1 heterocycles. The molecular formula is C10H18F3NO2. The second kappa shape index (κ2) is 5.33. The summed E-state index contributed by atoms with van der Waals surface area (Å²) in [6.45, 7) is 1.79. The fourth-order valence-corrected chi connectivity index (χ4v) is 2.12. The molecule has 96 valence electrons. The Morgan fingerprint density at radius 1 is 1.38 bits per heavy atom. The lowest BCUT2D eigenvalue weighted by Gasteiger charge is -2.28. The third-order valence-corrected chi connectivity index (χ3v) is 2.90. The van der Waals surface area contributed by atoms with Gasteiger partial charge in [0.05, 0.1) is 6.10 Å². The number of aliphatic hydroxyl groups excluding tert-OH is 2. The third-order valence-electron chi connectivity index (χ3n) is 2.90. The molecule has 1 fully saturated rings. The van der Waals surface area contributed by atoms with Gasteiger partial charge in [0.1, 0.15) is 0 Å². The molecular weight excluding hydrogens is 223 g/mol. The topological polar surface area (TPSA) is 43.7 Å². The van der Waals surface area contributed by atoms with Crippen molar-refractivity contribution < 1.29 is 23.4 Å². The van der Waals surface area contributed by atoms with Crippen molar-refractivity contribution in [1.29, 1.82) is 0 Å². The van der Waals surface area contributed by atoms with Crippen molar-refractivity contribution in [2.24, 2.45) is 0 Å². The molecule has 0 aliphatic carbocycles. The van der Waals surface area contributed by atoms with Crippen molar-refractivity contribution in [3.8, 4) is 0 Å². The van der Waals surface area contributed by atoms with E-state index in [1.165, 1.54) is 0 Å². The fraction of sp³-hybridized carbons (Fsp3) is 1.00. The lowest BCUT2D eigenvalue weighted by molar-refractivity contribution is -0.208. The van der Waals surface area contributed by atoms with E-state index in [4.69, 9.17) is 5.11 Å². The highest BCUT2D eigenvalue weighted by Gasteiger charge is 2.40. The minimum atomic E-state index is -4.56. The molecule has 0 amide bonds. The van der Waals surface area contributed by atoms with Crippen LogP contribution in [-0.2, 0) is 0 Å². The predicted molar refractivity (Wildman–Crippen MR) is 53.0 cm³/mol. The zero-order valence-corrected chi connectivity index (χ0v) is 9.24. The van der Waals surface area contributed by atoms with E-state index >= 15 is 0 Å². The van der Waals surface area contributed by atoms with Crippen LogP contribution < -0.4 is 0 Å². The van der Waals surface area contributed by atoms with Gasteiger partial charge in [-0.1, -0.05) is 0 Å². The largest absolute Gasteiger partial charge is 0.415 e. The highest BCUT2D eigenvalue weighted by Crippen LogP contribution is 2.26. The van der Waals surface area contributed by atoms with Gasteiger partial charge in [0.15, 0.2) is 6.10 Å². The summed E-state index contributed by atoms with van der Waals surface area (Å²) in [6, 6.07) is -0.0444. The Morgan fingerprint density at radius 3 is 2.50 bits per heavy atom. The summed E-state index contributed by atoms with van der Waals surface area (Å²) in [7, 11) is 0. The zero-order chi connectivity index (χ0) is 12.3. The van der Waals surface area contributed by atoms with Gasteiger partial charge in [0, 0.05) is 12.6 Å². The van der Waals surface area contributed by atoms with Gasteiger partial charge >= 0.3 is 6.18 Å². The lowest BCUT2D eigenvalue weighted by Crippen LogP contribution is -2.43. The van der Waals surface area contributed by atoms with Crippen LogP contribution in [0.4, 0.5) is 13.2 Å². The predicted octanol–water partition coefficient (Wildman–Crippen LogP) is 1.14. The molecule has 3 unspecified atom stereocenters. The molecule has 0 aromatic heterocycles. The number of β-amino-alcohol motifs (C(OH)–C–C–N with tert-alkyl or cyclic N) is 1. The highest BCUT2D eigenvalue weighted by atomic mass is 19.4. The van der Waals surface area contributed by atoms with E-state index < -0.39 is 18.4 Å². The number of aliphatic hydroxyl groups is 2. The first kappa shape index (κ1) is 13.7. The molecule has 2 N–H and O–H groups in total. The molecule has 6 heteroatoms. The van der Waals surface area contributed by atoms with E-state index in [0.29, 0.717) is 13.0 Å². The van der Waals surface area contributed by atoms with Crippen LogP contribution in [0.5, 0.6) is 0 Å². The molecule has 3 atom stereocenters. The van der Waals surface area contributed by atoms with Crippen LogP contribution in [0.2, 0.25) is 0 Å². The molecule has 0 spiro atoms. The zero-order valence-electron chi connectivity index (χ0n) is 9.24. The molecule has 1 aliphatic heterocycles. The van der Waals surface area contributed by atoms with Crippen LogP contribution in [0.15, 0.2) is 0 Å². The first-order valence-corrected chi connectivity index (χ1v) is 5.47. The number of alkyl halides is 3. The van der Waals surface area contributed by atoms with Crippen molar-refractivity contribution in [2.45, 2.75) is 50.6 Å². The Morgan fingerprint density at radius 2 is 2.00 bits per heavy atom. The van der Waals surface area contributed by atoms with Gasteiger partial charge in [0.2, 0.25) is 0 Å². The van der Waals surface area contributed by atoms with Crippen LogP contribution in [0.1, 0.15) is 26.2 Å². The Balaban J connectivity index is 2.46. The van der Waals surface area contributed by atoms with Crippen molar-refractivity contribution in [3.63, 3.8) is 0 Å². The van der Waals surface area contributed by atoms with Crippen molar-refractivity contribution in [2.75, 3.05) is 13.1 Å². The van der Waals surface area contributed by atoms with Crippen LogP contribution in [0.25, 0.3) is 0 Å². The molecule has 0 aromatic rings. The lowest BCUT2D eigenvalue weighted by atomic mass is 10.1. The summed E-state index contributed by atoms with van der Waals surface area (Å²) in [5.41, 5.74) is 0. The number of hydrogen-bond acceptors (Lipinski definition) is 3. The normalized spacial score (nSPS) is 27.0. The minimum Gasteiger partial charge on any atom is -0.393 e. The standard InChI is InChI=1S/C10H18F3NO2/c1-7(15)5-8-3-2-4-14(8)6-9(16)10(11,12)13/h7-9,15-16H,2-6H2,1H3. The van der Waals surface area contributed by atoms with Crippen LogP contribution in [0.3, 0.4) is 0 Å². The number of nitrogens with zero attached hydrogens (tertiary/aromatic N) is 1. The molecule has 1 rings (SSSR count). The van der Waals surface area contributed by atoms with E-state index in [1.54, 1.807) is 11.8 Å². The first-order chi connectivity index (χ1) is 7.30. The Labute approximate surface area is 92.9 Å². The number of halogens is 3. The molecule has 16 heavy (non-hydrogen) atoms. The average Bonchev–Trinajstić information content (AvgIpc) is 2.50. The van der Waals surface area contributed by atoms with E-state index in [9.17, 15) is 18.3 Å². The van der Waals surface area contributed by atoms with Gasteiger partial charge < -0.3 is 10.2 Å². The van der Waals surface area contributed by atoms with E-state index in [0.717, 1.165) is 12.8 Å². The summed E-state index contributed by atoms with van der Waals surface area (Å²) in [4.78, 5) is 1.62. The van der Waals surface area contributed by atoms with Crippen molar-refractivity contribution in [3.05, 3.63) is 0 Å². The second-order valence-corrected chi connectivity index (χ2v) is 4.43. The maximum absolute atomic E-state index is 12.2. The Kier molecular flexibility index (Phi) is 4.58. The van der Waals surface area contributed by atoms with Crippen molar-refractivity contribution >= 4 is 0 Å². The molecule has 0 bridgehead atoms. The van der Waals surface area contributed by atoms with Gasteiger partial charge in [-0.2, -0.15) is 13.2 Å². The minimum absolute atomic E-state index is 0.0444. The fourth-order valence-electron chi connectivity index (χ4n) is 2.12. The molecule has 3 nitrogen and oxygen atoms in total. The maximum atomic E-state index is 12.2. The van der Waals surface area contributed by atoms with E-state index in [-0.39, 0.29) is 12.6 Å². The quantitative estimate of drug-likeness (QED) is 0.776. The van der Waals surface area contributed by atoms with Crippen molar-refractivity contribution in [1.82, 2.24) is 4.90 Å². The highest BCUT2D eigenvalue weighted by molar-refractivity contribution is 4.83. The molecule has 0 saturated carbocycles. The van der Waals surface area contributed by atoms with Gasteiger partial charge in [-0.05, 0) is 32.7 Å².